The van der Waals surface area contributed by atoms with Crippen molar-refractivity contribution >= 4 is 17.5 Å². The van der Waals surface area contributed by atoms with Gasteiger partial charge in [-0.15, -0.1) is 0 Å². The number of carbonyl (C=O) groups is 1. The van der Waals surface area contributed by atoms with Crippen LogP contribution in [0, 0.1) is 0 Å². The number of nitrogens with one attached hydrogen (secondary N) is 1. The maximum atomic E-state index is 12.2. The van der Waals surface area contributed by atoms with Crippen LogP contribution in [0.4, 0.5) is 0 Å². The first kappa shape index (κ1) is 17.2. The molecule has 23 heavy (non-hydrogen) atoms. The fourth-order valence-electron chi connectivity index (χ4n) is 2.04. The summed E-state index contributed by atoms with van der Waals surface area (Å²) >= 11 is 5.82. The number of carbonyl (C=O) groups excluding carboxylic acids is 1. The van der Waals surface area contributed by atoms with Gasteiger partial charge >= 0.3 is 0 Å². The third kappa shape index (κ3) is 5.18. The van der Waals surface area contributed by atoms with E-state index in [1.165, 1.54) is 0 Å². The van der Waals surface area contributed by atoms with Crippen molar-refractivity contribution in [1.82, 2.24) is 5.32 Å². The maximum Gasteiger partial charge on any atom is 0.261 e. The normalized spacial score (nSPS) is 11.6. The van der Waals surface area contributed by atoms with Crippen LogP contribution >= 0.6 is 11.6 Å². The van der Waals surface area contributed by atoms with Gasteiger partial charge in [-0.2, -0.15) is 0 Å². The molecule has 5 heteroatoms. The van der Waals surface area contributed by atoms with E-state index in [2.05, 4.69) is 5.32 Å². The smallest absolute Gasteiger partial charge is 0.261 e. The summed E-state index contributed by atoms with van der Waals surface area (Å²) in [4.78, 5) is 12.2. The van der Waals surface area contributed by atoms with E-state index in [-0.39, 0.29) is 5.91 Å². The molecule has 1 amide bonds. The van der Waals surface area contributed by atoms with Crippen molar-refractivity contribution in [3.63, 3.8) is 0 Å². The summed E-state index contributed by atoms with van der Waals surface area (Å²) in [7, 11) is 0. The van der Waals surface area contributed by atoms with Gasteiger partial charge in [-0.05, 0) is 44.2 Å². The SMILES string of the molecule is CCOc1ccccc1CNC(=O)[C@@H](C)Oc1ccc(Cl)cc1. The third-order valence-corrected chi connectivity index (χ3v) is 3.47. The Balaban J connectivity index is 1.90. The Bertz CT molecular complexity index is 643. The topological polar surface area (TPSA) is 47.6 Å². The largest absolute Gasteiger partial charge is 0.494 e. The van der Waals surface area contributed by atoms with Crippen LogP contribution in [0.25, 0.3) is 0 Å². The molecular formula is C18H20ClNO3. The van der Waals surface area contributed by atoms with Crippen molar-refractivity contribution in [3.8, 4) is 11.5 Å². The Morgan fingerprint density at radius 2 is 1.87 bits per heavy atom. The highest BCUT2D eigenvalue weighted by Gasteiger charge is 2.15. The summed E-state index contributed by atoms with van der Waals surface area (Å²) in [5.74, 6) is 1.19. The summed E-state index contributed by atoms with van der Waals surface area (Å²) in [5.41, 5.74) is 0.932. The Morgan fingerprint density at radius 1 is 1.17 bits per heavy atom. The molecule has 2 rings (SSSR count). The van der Waals surface area contributed by atoms with Crippen molar-refractivity contribution in [3.05, 3.63) is 59.1 Å². The summed E-state index contributed by atoms with van der Waals surface area (Å²) in [6, 6.07) is 14.5. The number of ether oxygens (including phenoxy) is 2. The van der Waals surface area contributed by atoms with Gasteiger partial charge in [0.05, 0.1) is 6.61 Å². The van der Waals surface area contributed by atoms with Crippen molar-refractivity contribution < 1.29 is 14.3 Å². The van der Waals surface area contributed by atoms with Crippen LogP contribution in [0.2, 0.25) is 5.02 Å². The highest BCUT2D eigenvalue weighted by Crippen LogP contribution is 2.18. The number of para-hydroxylation sites is 1. The lowest BCUT2D eigenvalue weighted by Gasteiger charge is -2.16. The Morgan fingerprint density at radius 3 is 2.57 bits per heavy atom. The van der Waals surface area contributed by atoms with Crippen LogP contribution in [0.15, 0.2) is 48.5 Å². The Kier molecular flexibility index (Phi) is 6.29. The quantitative estimate of drug-likeness (QED) is 0.837. The molecule has 0 heterocycles. The number of halogens is 1. The summed E-state index contributed by atoms with van der Waals surface area (Å²) in [5, 5.41) is 3.49. The lowest BCUT2D eigenvalue weighted by molar-refractivity contribution is -0.127. The number of hydrogen-bond donors (Lipinski definition) is 1. The third-order valence-electron chi connectivity index (χ3n) is 3.22. The molecule has 0 aromatic heterocycles. The predicted molar refractivity (Wildman–Crippen MR) is 91.0 cm³/mol. The molecule has 0 aliphatic rings. The van der Waals surface area contributed by atoms with E-state index in [0.29, 0.717) is 23.9 Å². The summed E-state index contributed by atoms with van der Waals surface area (Å²) in [6.07, 6.45) is -0.601. The second-order valence-electron chi connectivity index (χ2n) is 4.97. The van der Waals surface area contributed by atoms with E-state index in [1.54, 1.807) is 31.2 Å². The lowest BCUT2D eigenvalue weighted by atomic mass is 10.2. The predicted octanol–water partition coefficient (Wildman–Crippen LogP) is 3.82. The molecule has 1 N–H and O–H groups in total. The molecule has 1 atom stereocenters. The van der Waals surface area contributed by atoms with Crippen molar-refractivity contribution in [1.29, 1.82) is 0 Å². The average Bonchev–Trinajstić information content (AvgIpc) is 2.56. The molecule has 0 saturated heterocycles. The monoisotopic (exact) mass is 333 g/mol. The molecule has 0 bridgehead atoms. The van der Waals surface area contributed by atoms with Crippen LogP contribution in [-0.2, 0) is 11.3 Å². The Labute approximate surface area is 141 Å². The molecule has 0 unspecified atom stereocenters. The number of hydrogen-bond acceptors (Lipinski definition) is 3. The number of amides is 1. The molecule has 122 valence electrons. The van der Waals surface area contributed by atoms with Gasteiger partial charge in [0.2, 0.25) is 0 Å². The molecule has 0 aliphatic carbocycles. The van der Waals surface area contributed by atoms with E-state index in [1.807, 2.05) is 31.2 Å². The van der Waals surface area contributed by atoms with Crippen LogP contribution in [-0.4, -0.2) is 18.6 Å². The van der Waals surface area contributed by atoms with Crippen LogP contribution in [0.1, 0.15) is 19.4 Å². The zero-order chi connectivity index (χ0) is 16.7. The zero-order valence-electron chi connectivity index (χ0n) is 13.2. The fourth-order valence-corrected chi connectivity index (χ4v) is 2.17. The first-order valence-electron chi connectivity index (χ1n) is 7.50. The standard InChI is InChI=1S/C18H20ClNO3/c1-3-22-17-7-5-4-6-14(17)12-20-18(21)13(2)23-16-10-8-15(19)9-11-16/h4-11,13H,3,12H2,1-2H3,(H,20,21)/t13-/m1/s1. The van der Waals surface area contributed by atoms with Gasteiger partial charge < -0.3 is 14.8 Å². The van der Waals surface area contributed by atoms with E-state index < -0.39 is 6.10 Å². The van der Waals surface area contributed by atoms with E-state index in [0.717, 1.165) is 11.3 Å². The summed E-state index contributed by atoms with van der Waals surface area (Å²) in [6.45, 7) is 4.61. The molecule has 0 fully saturated rings. The van der Waals surface area contributed by atoms with Crippen molar-refractivity contribution in [2.75, 3.05) is 6.61 Å². The Hall–Kier alpha value is -2.20. The van der Waals surface area contributed by atoms with E-state index in [9.17, 15) is 4.79 Å². The van der Waals surface area contributed by atoms with E-state index in [4.69, 9.17) is 21.1 Å². The molecule has 2 aromatic rings. The van der Waals surface area contributed by atoms with Gasteiger partial charge in [0, 0.05) is 17.1 Å². The molecule has 4 nitrogen and oxygen atoms in total. The minimum atomic E-state index is -0.601. The lowest BCUT2D eigenvalue weighted by Crippen LogP contribution is -2.36. The molecule has 0 radical (unpaired) electrons. The van der Waals surface area contributed by atoms with E-state index >= 15 is 0 Å². The summed E-state index contributed by atoms with van der Waals surface area (Å²) < 4.78 is 11.1. The highest BCUT2D eigenvalue weighted by molar-refractivity contribution is 6.30. The van der Waals surface area contributed by atoms with Crippen LogP contribution in [0.5, 0.6) is 11.5 Å². The number of rotatable bonds is 7. The fraction of sp³-hybridized carbons (Fsp3) is 0.278. The van der Waals surface area contributed by atoms with Crippen molar-refractivity contribution in [2.24, 2.45) is 0 Å². The van der Waals surface area contributed by atoms with Gasteiger partial charge in [-0.25, -0.2) is 0 Å². The minimum absolute atomic E-state index is 0.189. The molecule has 0 aliphatic heterocycles. The number of benzene rings is 2. The zero-order valence-corrected chi connectivity index (χ0v) is 14.0. The first-order chi connectivity index (χ1) is 11.1. The van der Waals surface area contributed by atoms with Gasteiger partial charge in [-0.1, -0.05) is 29.8 Å². The van der Waals surface area contributed by atoms with Gasteiger partial charge in [-0.3, -0.25) is 4.79 Å². The second kappa shape index (κ2) is 8.44. The molecule has 0 spiro atoms. The minimum Gasteiger partial charge on any atom is -0.494 e. The first-order valence-corrected chi connectivity index (χ1v) is 7.88. The second-order valence-corrected chi connectivity index (χ2v) is 5.41. The van der Waals surface area contributed by atoms with Crippen LogP contribution < -0.4 is 14.8 Å². The molecule has 2 aromatic carbocycles. The van der Waals surface area contributed by atoms with Crippen molar-refractivity contribution in [2.45, 2.75) is 26.5 Å². The average molecular weight is 334 g/mol. The maximum absolute atomic E-state index is 12.2. The van der Waals surface area contributed by atoms with Gasteiger partial charge in [0.1, 0.15) is 11.5 Å². The highest BCUT2D eigenvalue weighted by atomic mass is 35.5. The van der Waals surface area contributed by atoms with Gasteiger partial charge in [0.15, 0.2) is 6.10 Å². The van der Waals surface area contributed by atoms with Gasteiger partial charge in [0.25, 0.3) is 5.91 Å². The molecule has 0 saturated carbocycles. The van der Waals surface area contributed by atoms with Crippen LogP contribution in [0.3, 0.4) is 0 Å². The molecular weight excluding hydrogens is 314 g/mol.